The van der Waals surface area contributed by atoms with Crippen LogP contribution in [-0.2, 0) is 4.79 Å². The molecule has 0 atom stereocenters. The minimum Gasteiger partial charge on any atom is -0.506 e. The molecule has 0 unspecified atom stereocenters. The standard InChI is InChI=1S/C21H24ClN5O2/c22-15-13-16(19(29)14-18(15)28)24-20-17-7-2-5-12-27(17)25-21(20)23-8-6-11-26-9-3-1-4-10-26/h2,5,7,12-14,29H,1,3-4,6,8-11H2,(H,23,25)/b24-16+. The van der Waals surface area contributed by atoms with Crippen LogP contribution in [0.4, 0.5) is 11.5 Å². The number of hydrogen-bond donors (Lipinski definition) is 2. The molecule has 29 heavy (non-hydrogen) atoms. The van der Waals surface area contributed by atoms with Crippen molar-refractivity contribution >= 4 is 40.1 Å². The molecule has 0 radical (unpaired) electrons. The van der Waals surface area contributed by atoms with E-state index in [4.69, 9.17) is 11.6 Å². The Balaban J connectivity index is 1.54. The van der Waals surface area contributed by atoms with Gasteiger partial charge in [-0.05, 0) is 57.1 Å². The number of likely N-dealkylation sites (tertiary alicyclic amines) is 1. The van der Waals surface area contributed by atoms with Gasteiger partial charge in [0, 0.05) is 18.8 Å². The van der Waals surface area contributed by atoms with Crippen LogP contribution < -0.4 is 5.32 Å². The Kier molecular flexibility index (Phi) is 5.97. The number of aliphatic hydroxyl groups excluding tert-OH is 1. The highest BCUT2D eigenvalue weighted by Crippen LogP contribution is 2.31. The van der Waals surface area contributed by atoms with Crippen molar-refractivity contribution < 1.29 is 9.90 Å². The van der Waals surface area contributed by atoms with E-state index in [0.29, 0.717) is 11.5 Å². The van der Waals surface area contributed by atoms with Crippen LogP contribution in [0.15, 0.2) is 52.3 Å². The molecule has 152 valence electrons. The van der Waals surface area contributed by atoms with Gasteiger partial charge < -0.3 is 15.3 Å². The van der Waals surface area contributed by atoms with Crippen molar-refractivity contribution in [2.75, 3.05) is 31.5 Å². The molecule has 1 aliphatic carbocycles. The van der Waals surface area contributed by atoms with Crippen LogP contribution in [0.5, 0.6) is 0 Å². The molecule has 2 N–H and O–H groups in total. The lowest BCUT2D eigenvalue weighted by molar-refractivity contribution is -0.110. The van der Waals surface area contributed by atoms with Crippen molar-refractivity contribution in [1.29, 1.82) is 0 Å². The minimum atomic E-state index is -0.431. The highest BCUT2D eigenvalue weighted by atomic mass is 35.5. The van der Waals surface area contributed by atoms with E-state index in [1.54, 1.807) is 4.52 Å². The summed E-state index contributed by atoms with van der Waals surface area (Å²) >= 11 is 5.94. The molecular formula is C21H24ClN5O2. The molecule has 0 saturated carbocycles. The van der Waals surface area contributed by atoms with Crippen molar-refractivity contribution in [3.05, 3.63) is 47.3 Å². The van der Waals surface area contributed by atoms with E-state index in [-0.39, 0.29) is 16.5 Å². The first-order valence-corrected chi connectivity index (χ1v) is 10.3. The fourth-order valence-corrected chi connectivity index (χ4v) is 3.81. The van der Waals surface area contributed by atoms with Gasteiger partial charge in [-0.25, -0.2) is 9.51 Å². The van der Waals surface area contributed by atoms with Gasteiger partial charge in [0.05, 0.1) is 10.5 Å². The summed E-state index contributed by atoms with van der Waals surface area (Å²) in [5.74, 6) is 0.00124. The van der Waals surface area contributed by atoms with Crippen LogP contribution in [0.25, 0.3) is 5.52 Å². The van der Waals surface area contributed by atoms with E-state index < -0.39 is 5.78 Å². The fourth-order valence-electron chi connectivity index (χ4n) is 3.65. The van der Waals surface area contributed by atoms with E-state index >= 15 is 0 Å². The molecule has 1 aliphatic heterocycles. The number of ketones is 1. The molecule has 7 nitrogen and oxygen atoms in total. The van der Waals surface area contributed by atoms with Crippen LogP contribution in [0.2, 0.25) is 0 Å². The van der Waals surface area contributed by atoms with Gasteiger partial charge in [-0.3, -0.25) is 4.79 Å². The maximum Gasteiger partial charge on any atom is 0.201 e. The number of allylic oxidation sites excluding steroid dienone is 3. The average Bonchev–Trinajstić information content (AvgIpc) is 3.07. The molecule has 3 heterocycles. The highest BCUT2D eigenvalue weighted by molar-refractivity contribution is 6.47. The van der Waals surface area contributed by atoms with E-state index in [9.17, 15) is 9.90 Å². The van der Waals surface area contributed by atoms with Gasteiger partial charge >= 0.3 is 0 Å². The summed E-state index contributed by atoms with van der Waals surface area (Å²) < 4.78 is 1.74. The van der Waals surface area contributed by atoms with Crippen molar-refractivity contribution in [3.63, 3.8) is 0 Å². The number of nitrogens with zero attached hydrogens (tertiary/aromatic N) is 4. The Morgan fingerprint density at radius 3 is 2.86 bits per heavy atom. The normalized spacial score (nSPS) is 19.5. The van der Waals surface area contributed by atoms with Crippen molar-refractivity contribution in [3.8, 4) is 0 Å². The molecule has 0 spiro atoms. The molecule has 0 amide bonds. The quantitative estimate of drug-likeness (QED) is 0.555. The van der Waals surface area contributed by atoms with E-state index in [2.05, 4.69) is 20.3 Å². The van der Waals surface area contributed by atoms with Gasteiger partial charge in [0.15, 0.2) is 5.82 Å². The first-order chi connectivity index (χ1) is 14.1. The first-order valence-electron chi connectivity index (χ1n) is 9.96. The molecule has 2 aliphatic rings. The number of aliphatic imine (C=N–C) groups is 1. The summed E-state index contributed by atoms with van der Waals surface area (Å²) in [7, 11) is 0. The van der Waals surface area contributed by atoms with Crippen molar-refractivity contribution in [1.82, 2.24) is 14.5 Å². The molecule has 0 bridgehead atoms. The van der Waals surface area contributed by atoms with Crippen molar-refractivity contribution in [2.45, 2.75) is 25.7 Å². The molecule has 8 heteroatoms. The van der Waals surface area contributed by atoms with Gasteiger partial charge in [-0.15, -0.1) is 5.10 Å². The summed E-state index contributed by atoms with van der Waals surface area (Å²) in [4.78, 5) is 18.7. The number of pyridine rings is 1. The van der Waals surface area contributed by atoms with Crippen LogP contribution in [0.1, 0.15) is 25.7 Å². The predicted molar refractivity (Wildman–Crippen MR) is 115 cm³/mol. The number of aromatic nitrogens is 2. The van der Waals surface area contributed by atoms with Crippen LogP contribution in [0.3, 0.4) is 0 Å². The largest absolute Gasteiger partial charge is 0.506 e. The van der Waals surface area contributed by atoms with E-state index in [1.807, 2.05) is 24.4 Å². The number of fused-ring (bicyclic) bond motifs is 1. The SMILES string of the molecule is O=C1C=C(O)/C(=N/c2c(NCCCN3CCCCC3)nn3ccccc23)C=C1Cl. The smallest absolute Gasteiger partial charge is 0.201 e. The fraction of sp³-hybridized carbons (Fsp3) is 0.381. The number of aliphatic hydroxyl groups is 1. The minimum absolute atomic E-state index is 0.0223. The molecule has 2 aromatic heterocycles. The van der Waals surface area contributed by atoms with Gasteiger partial charge in [-0.2, -0.15) is 0 Å². The molecule has 1 saturated heterocycles. The second kappa shape index (κ2) is 8.80. The Hall–Kier alpha value is -2.64. The first kappa shape index (κ1) is 19.7. The number of hydrogen-bond acceptors (Lipinski definition) is 6. The lowest BCUT2D eigenvalue weighted by Crippen LogP contribution is -2.31. The second-order valence-electron chi connectivity index (χ2n) is 7.29. The number of rotatable bonds is 6. The zero-order valence-corrected chi connectivity index (χ0v) is 16.9. The van der Waals surface area contributed by atoms with Crippen LogP contribution >= 0.6 is 11.6 Å². The number of carbonyl (C=O) groups excluding carboxylic acids is 1. The zero-order chi connectivity index (χ0) is 20.2. The number of nitrogens with one attached hydrogen (secondary N) is 1. The van der Waals surface area contributed by atoms with Gasteiger partial charge in [0.1, 0.15) is 17.2 Å². The summed E-state index contributed by atoms with van der Waals surface area (Å²) in [6.07, 6.45) is 9.24. The Morgan fingerprint density at radius 1 is 1.21 bits per heavy atom. The van der Waals surface area contributed by atoms with Crippen LogP contribution in [-0.4, -0.2) is 57.3 Å². The van der Waals surface area contributed by atoms with Gasteiger partial charge in [0.25, 0.3) is 0 Å². The third-order valence-corrected chi connectivity index (χ3v) is 5.46. The number of anilines is 1. The summed E-state index contributed by atoms with van der Waals surface area (Å²) in [5, 5.41) is 18.1. The maximum absolute atomic E-state index is 11.6. The number of carbonyl (C=O) groups is 1. The van der Waals surface area contributed by atoms with Gasteiger partial charge in [0.2, 0.25) is 5.78 Å². The lowest BCUT2D eigenvalue weighted by Gasteiger charge is -2.26. The van der Waals surface area contributed by atoms with Gasteiger partial charge in [-0.1, -0.05) is 24.1 Å². The highest BCUT2D eigenvalue weighted by Gasteiger charge is 2.19. The van der Waals surface area contributed by atoms with Crippen LogP contribution in [0, 0.1) is 0 Å². The molecular weight excluding hydrogens is 390 g/mol. The third kappa shape index (κ3) is 4.52. The molecule has 1 fully saturated rings. The molecule has 0 aromatic carbocycles. The van der Waals surface area contributed by atoms with Crippen molar-refractivity contribution in [2.24, 2.45) is 4.99 Å². The second-order valence-corrected chi connectivity index (χ2v) is 7.70. The summed E-state index contributed by atoms with van der Waals surface area (Å²) in [6.45, 7) is 4.21. The summed E-state index contributed by atoms with van der Waals surface area (Å²) in [5.41, 5.74) is 1.64. The van der Waals surface area contributed by atoms with E-state index in [0.717, 1.165) is 31.1 Å². The summed E-state index contributed by atoms with van der Waals surface area (Å²) in [6, 6.07) is 5.71. The molecule has 2 aromatic rings. The maximum atomic E-state index is 11.6. The Morgan fingerprint density at radius 2 is 2.03 bits per heavy atom. The number of halogens is 1. The zero-order valence-electron chi connectivity index (χ0n) is 16.1. The van der Waals surface area contributed by atoms with E-state index in [1.165, 1.54) is 38.4 Å². The Labute approximate surface area is 174 Å². The Bertz CT molecular complexity index is 1000. The topological polar surface area (TPSA) is 82.2 Å². The lowest BCUT2D eigenvalue weighted by atomic mass is 10.1. The average molecular weight is 414 g/mol. The molecule has 4 rings (SSSR count). The number of piperidine rings is 1. The third-order valence-electron chi connectivity index (χ3n) is 5.17. The predicted octanol–water partition coefficient (Wildman–Crippen LogP) is 3.84. The monoisotopic (exact) mass is 413 g/mol.